The Labute approximate surface area is 209 Å². The highest BCUT2D eigenvalue weighted by Gasteiger charge is 2.43. The normalized spacial score (nSPS) is 19.3. The van der Waals surface area contributed by atoms with Crippen molar-refractivity contribution in [3.05, 3.63) is 29.6 Å². The van der Waals surface area contributed by atoms with Gasteiger partial charge in [0.15, 0.2) is 5.82 Å². The summed E-state index contributed by atoms with van der Waals surface area (Å²) in [5.74, 6) is 1.80. The van der Waals surface area contributed by atoms with Gasteiger partial charge in [-0.05, 0) is 44.4 Å². The quantitative estimate of drug-likeness (QED) is 0.426. The lowest BCUT2D eigenvalue weighted by Crippen LogP contribution is -2.56. The summed E-state index contributed by atoms with van der Waals surface area (Å²) in [4.78, 5) is 29.8. The Kier molecular flexibility index (Phi) is 6.88. The van der Waals surface area contributed by atoms with Crippen molar-refractivity contribution in [1.82, 2.24) is 29.6 Å². The molecule has 0 aromatic carbocycles. The number of hydrogen-bond donors (Lipinski definition) is 2. The van der Waals surface area contributed by atoms with Crippen molar-refractivity contribution >= 4 is 34.7 Å². The average molecular weight is 497 g/mol. The Balaban J connectivity index is 1.58. The zero-order chi connectivity index (χ0) is 25.2. The SMILES string of the molecule is CCOCCn1nc(COC)c2nc(N3CC4CCC(C3)N4C(=O)O)nc(Nc3cc(C)ccn3)c21. The summed E-state index contributed by atoms with van der Waals surface area (Å²) in [6.07, 6.45) is 2.59. The Morgan fingerprint density at radius 1 is 1.25 bits per heavy atom. The van der Waals surface area contributed by atoms with Crippen molar-refractivity contribution in [2.24, 2.45) is 0 Å². The minimum Gasteiger partial charge on any atom is -0.465 e. The molecule has 0 saturated carbocycles. The second-order valence-corrected chi connectivity index (χ2v) is 9.19. The van der Waals surface area contributed by atoms with E-state index in [0.717, 1.165) is 23.9 Å². The molecule has 36 heavy (non-hydrogen) atoms. The minimum atomic E-state index is -0.857. The summed E-state index contributed by atoms with van der Waals surface area (Å²) >= 11 is 0. The van der Waals surface area contributed by atoms with E-state index in [-0.39, 0.29) is 12.1 Å². The molecule has 2 aliphatic heterocycles. The van der Waals surface area contributed by atoms with Crippen molar-refractivity contribution in [3.63, 3.8) is 0 Å². The van der Waals surface area contributed by atoms with E-state index in [2.05, 4.69) is 15.2 Å². The Morgan fingerprint density at radius 3 is 2.69 bits per heavy atom. The number of carboxylic acid groups (broad SMARTS) is 1. The molecule has 2 atom stereocenters. The molecule has 0 radical (unpaired) electrons. The van der Waals surface area contributed by atoms with E-state index < -0.39 is 6.09 Å². The topological polar surface area (TPSA) is 131 Å². The van der Waals surface area contributed by atoms with Crippen molar-refractivity contribution in [2.45, 2.75) is 51.9 Å². The number of pyridine rings is 1. The van der Waals surface area contributed by atoms with Gasteiger partial charge < -0.3 is 24.8 Å². The zero-order valence-electron chi connectivity index (χ0n) is 20.8. The van der Waals surface area contributed by atoms with Gasteiger partial charge in [0.2, 0.25) is 5.95 Å². The Hall–Kier alpha value is -3.51. The maximum absolute atomic E-state index is 11.8. The number of anilines is 3. The van der Waals surface area contributed by atoms with Crippen LogP contribution < -0.4 is 10.2 Å². The fraction of sp³-hybridized carbons (Fsp3) is 0.542. The predicted octanol–water partition coefficient (Wildman–Crippen LogP) is 2.79. The summed E-state index contributed by atoms with van der Waals surface area (Å²) in [6, 6.07) is 3.76. The number of hydrogen-bond acceptors (Lipinski definition) is 9. The fourth-order valence-corrected chi connectivity index (χ4v) is 5.16. The van der Waals surface area contributed by atoms with E-state index in [0.29, 0.717) is 68.2 Å². The number of nitrogens with zero attached hydrogens (tertiary/aromatic N) is 7. The van der Waals surface area contributed by atoms with Crippen LogP contribution >= 0.6 is 0 Å². The molecule has 12 nitrogen and oxygen atoms in total. The van der Waals surface area contributed by atoms with Crippen LogP contribution in [0.1, 0.15) is 31.0 Å². The molecule has 0 spiro atoms. The number of aryl methyl sites for hydroxylation is 1. The molecule has 2 fully saturated rings. The smallest absolute Gasteiger partial charge is 0.407 e. The van der Waals surface area contributed by atoms with Crippen molar-refractivity contribution < 1.29 is 19.4 Å². The Morgan fingerprint density at radius 2 is 2.03 bits per heavy atom. The van der Waals surface area contributed by atoms with Crippen LogP contribution in [0.25, 0.3) is 11.0 Å². The molecule has 2 aliphatic rings. The number of methoxy groups -OCH3 is 1. The number of amides is 1. The number of nitrogens with one attached hydrogen (secondary N) is 1. The first-order chi connectivity index (χ1) is 17.5. The van der Waals surface area contributed by atoms with E-state index >= 15 is 0 Å². The molecule has 3 aromatic rings. The van der Waals surface area contributed by atoms with E-state index in [1.54, 1.807) is 18.2 Å². The van der Waals surface area contributed by atoms with Gasteiger partial charge >= 0.3 is 6.09 Å². The summed E-state index contributed by atoms with van der Waals surface area (Å²) in [5, 5.41) is 17.8. The van der Waals surface area contributed by atoms with Gasteiger partial charge in [0.25, 0.3) is 0 Å². The number of piperazine rings is 1. The van der Waals surface area contributed by atoms with Gasteiger partial charge in [0.05, 0.1) is 31.8 Å². The van der Waals surface area contributed by atoms with Crippen LogP contribution in [0.15, 0.2) is 18.3 Å². The molecule has 2 unspecified atom stereocenters. The molecule has 2 bridgehead atoms. The van der Waals surface area contributed by atoms with Crippen LogP contribution in [-0.2, 0) is 22.6 Å². The number of fused-ring (bicyclic) bond motifs is 3. The molecule has 1 amide bonds. The highest BCUT2D eigenvalue weighted by Crippen LogP contribution is 2.34. The lowest BCUT2D eigenvalue weighted by atomic mass is 10.2. The fourth-order valence-electron chi connectivity index (χ4n) is 5.16. The van der Waals surface area contributed by atoms with Gasteiger partial charge in [-0.15, -0.1) is 0 Å². The third-order valence-corrected chi connectivity index (χ3v) is 6.73. The van der Waals surface area contributed by atoms with E-state index in [1.807, 2.05) is 30.7 Å². The third kappa shape index (κ3) is 4.65. The van der Waals surface area contributed by atoms with Crippen LogP contribution in [0.3, 0.4) is 0 Å². The van der Waals surface area contributed by atoms with Gasteiger partial charge in [-0.3, -0.25) is 9.58 Å². The second kappa shape index (κ2) is 10.2. The van der Waals surface area contributed by atoms with Crippen LogP contribution in [-0.4, -0.2) is 86.3 Å². The number of rotatable bonds is 9. The largest absolute Gasteiger partial charge is 0.465 e. The first kappa shape index (κ1) is 24.2. The first-order valence-electron chi connectivity index (χ1n) is 12.3. The van der Waals surface area contributed by atoms with E-state index in [4.69, 9.17) is 24.5 Å². The third-order valence-electron chi connectivity index (χ3n) is 6.73. The lowest BCUT2D eigenvalue weighted by molar-refractivity contribution is 0.114. The highest BCUT2D eigenvalue weighted by atomic mass is 16.5. The van der Waals surface area contributed by atoms with Gasteiger partial charge in [-0.1, -0.05) is 0 Å². The highest BCUT2D eigenvalue weighted by molar-refractivity contribution is 5.90. The van der Waals surface area contributed by atoms with E-state index in [9.17, 15) is 9.90 Å². The van der Waals surface area contributed by atoms with Gasteiger partial charge in [0, 0.05) is 33.0 Å². The van der Waals surface area contributed by atoms with Gasteiger partial charge in [-0.2, -0.15) is 10.1 Å². The van der Waals surface area contributed by atoms with Crippen LogP contribution in [0.4, 0.5) is 22.4 Å². The molecule has 12 heteroatoms. The summed E-state index contributed by atoms with van der Waals surface area (Å²) in [7, 11) is 1.63. The predicted molar refractivity (Wildman–Crippen MR) is 134 cm³/mol. The molecular weight excluding hydrogens is 464 g/mol. The molecular formula is C24H32N8O4. The molecule has 192 valence electrons. The van der Waals surface area contributed by atoms with Crippen LogP contribution in [0.5, 0.6) is 0 Å². The molecule has 5 heterocycles. The summed E-state index contributed by atoms with van der Waals surface area (Å²) < 4.78 is 12.9. The second-order valence-electron chi connectivity index (χ2n) is 9.19. The molecule has 5 rings (SSSR count). The zero-order valence-corrected chi connectivity index (χ0v) is 20.8. The molecule has 3 aromatic heterocycles. The Bertz CT molecular complexity index is 1230. The maximum atomic E-state index is 11.8. The molecule has 0 aliphatic carbocycles. The monoisotopic (exact) mass is 496 g/mol. The van der Waals surface area contributed by atoms with Gasteiger partial charge in [-0.25, -0.2) is 14.8 Å². The minimum absolute atomic E-state index is 0.0669. The first-order valence-corrected chi connectivity index (χ1v) is 12.3. The summed E-state index contributed by atoms with van der Waals surface area (Å²) in [5.41, 5.74) is 3.23. The van der Waals surface area contributed by atoms with Crippen LogP contribution in [0, 0.1) is 6.92 Å². The number of carbonyl (C=O) groups is 1. The number of aromatic nitrogens is 5. The molecule has 2 N–H and O–H groups in total. The average Bonchev–Trinajstić information content (AvgIpc) is 3.33. The molecule has 2 saturated heterocycles. The lowest BCUT2D eigenvalue weighted by Gasteiger charge is -2.39. The van der Waals surface area contributed by atoms with Crippen molar-refractivity contribution in [3.8, 4) is 0 Å². The summed E-state index contributed by atoms with van der Waals surface area (Å²) in [6.45, 7) is 7.03. The van der Waals surface area contributed by atoms with E-state index in [1.165, 1.54) is 0 Å². The van der Waals surface area contributed by atoms with Crippen molar-refractivity contribution in [2.75, 3.05) is 43.6 Å². The number of ether oxygens (including phenoxy) is 2. The van der Waals surface area contributed by atoms with Crippen molar-refractivity contribution in [1.29, 1.82) is 0 Å². The standard InChI is InChI=1S/C24H32N8O4/c1-4-36-10-9-31-21-20(18(29-31)14-35-3)27-23(28-22(21)26-19-11-15(2)7-8-25-19)30-12-16-5-6-17(13-30)32(16)24(33)34/h7-8,11,16-17H,4-6,9-10,12-14H2,1-3H3,(H,33,34)(H,25,26,27,28). The maximum Gasteiger partial charge on any atom is 0.407 e. The van der Waals surface area contributed by atoms with Crippen LogP contribution in [0.2, 0.25) is 0 Å². The van der Waals surface area contributed by atoms with Gasteiger partial charge in [0.1, 0.15) is 22.5 Å².